The Labute approximate surface area is 218 Å². The van der Waals surface area contributed by atoms with Crippen LogP contribution in [0.15, 0.2) is 87.1 Å². The van der Waals surface area contributed by atoms with Gasteiger partial charge in [-0.25, -0.2) is 21.6 Å². The number of aromatic nitrogens is 1. The van der Waals surface area contributed by atoms with Gasteiger partial charge in [0.2, 0.25) is 5.88 Å². The zero-order valence-electron chi connectivity index (χ0n) is 19.5. The fourth-order valence-corrected chi connectivity index (χ4v) is 5.45. The van der Waals surface area contributed by atoms with E-state index in [0.29, 0.717) is 22.0 Å². The van der Waals surface area contributed by atoms with Gasteiger partial charge in [0.25, 0.3) is 26.0 Å². The van der Waals surface area contributed by atoms with E-state index in [0.717, 1.165) is 0 Å². The average molecular weight is 561 g/mol. The van der Waals surface area contributed by atoms with Gasteiger partial charge in [0.15, 0.2) is 0 Å². The van der Waals surface area contributed by atoms with Crippen molar-refractivity contribution in [2.75, 3.05) is 14.8 Å². The lowest BCUT2D eigenvalue weighted by Crippen LogP contribution is -2.18. The fourth-order valence-electron chi connectivity index (χ4n) is 3.19. The van der Waals surface area contributed by atoms with Gasteiger partial charge in [-0.3, -0.25) is 9.52 Å². The molecule has 13 heteroatoms. The summed E-state index contributed by atoms with van der Waals surface area (Å²) >= 11 is 5.83. The van der Waals surface area contributed by atoms with E-state index in [-0.39, 0.29) is 26.9 Å². The number of nitrogens with zero attached hydrogens (tertiary/aromatic N) is 1. The highest BCUT2D eigenvalue weighted by Gasteiger charge is 2.21. The van der Waals surface area contributed by atoms with E-state index in [1.54, 1.807) is 26.0 Å². The summed E-state index contributed by atoms with van der Waals surface area (Å²) in [5, 5.41) is 6.75. The van der Waals surface area contributed by atoms with E-state index in [1.165, 1.54) is 60.7 Å². The minimum Gasteiger partial charge on any atom is -0.337 e. The number of carbonyl (C=O) groups excluding carboxylic acids is 1. The molecule has 3 aromatic carbocycles. The zero-order chi connectivity index (χ0) is 26.8. The molecule has 0 spiro atoms. The van der Waals surface area contributed by atoms with Crippen LogP contribution in [-0.4, -0.2) is 27.9 Å². The van der Waals surface area contributed by atoms with E-state index in [4.69, 9.17) is 16.1 Å². The Morgan fingerprint density at radius 2 is 1.38 bits per heavy atom. The van der Waals surface area contributed by atoms with E-state index < -0.39 is 26.0 Å². The van der Waals surface area contributed by atoms with Crippen LogP contribution in [-0.2, 0) is 20.0 Å². The van der Waals surface area contributed by atoms with Crippen molar-refractivity contribution < 1.29 is 26.2 Å². The van der Waals surface area contributed by atoms with E-state index in [2.05, 4.69) is 19.9 Å². The van der Waals surface area contributed by atoms with Crippen LogP contribution in [0, 0.1) is 13.8 Å². The minimum absolute atomic E-state index is 0.0202. The maximum atomic E-state index is 13.0. The molecule has 192 valence electrons. The summed E-state index contributed by atoms with van der Waals surface area (Å²) in [5.41, 5.74) is 1.56. The Morgan fingerprint density at radius 1 is 0.811 bits per heavy atom. The number of aryl methyl sites for hydroxylation is 1. The summed E-state index contributed by atoms with van der Waals surface area (Å²) in [6, 6.07) is 17.1. The molecule has 0 saturated carbocycles. The molecular weight excluding hydrogens is 540 g/mol. The van der Waals surface area contributed by atoms with E-state index in [1.807, 2.05) is 0 Å². The maximum absolute atomic E-state index is 13.0. The standard InChI is InChI=1S/C24H21ClN4O6S2/c1-15-16(2)27-35-24(15)29-37(33,34)20-13-9-18(10-14-20)26-23(30)21-5-3-4-6-22(21)28-36(31,32)19-11-7-17(25)8-12-19/h3-14,28-29H,1-2H3,(H,26,30). The Balaban J connectivity index is 1.50. The number of rotatable bonds is 8. The van der Waals surface area contributed by atoms with E-state index in [9.17, 15) is 21.6 Å². The number of amides is 1. The van der Waals surface area contributed by atoms with Crippen LogP contribution in [0.3, 0.4) is 0 Å². The molecule has 0 aliphatic heterocycles. The third-order valence-corrected chi connectivity index (χ3v) is 8.33. The Bertz CT molecular complexity index is 1670. The summed E-state index contributed by atoms with van der Waals surface area (Å²) in [7, 11) is -7.94. The second kappa shape index (κ2) is 10.2. The monoisotopic (exact) mass is 560 g/mol. The molecule has 0 saturated heterocycles. The molecule has 0 unspecified atom stereocenters. The van der Waals surface area contributed by atoms with Crippen LogP contribution in [0.2, 0.25) is 5.02 Å². The number of carbonyl (C=O) groups is 1. The van der Waals surface area contributed by atoms with Gasteiger partial charge in [-0.15, -0.1) is 0 Å². The number of hydrogen-bond acceptors (Lipinski definition) is 7. The smallest absolute Gasteiger partial charge is 0.264 e. The lowest BCUT2D eigenvalue weighted by Gasteiger charge is -2.13. The molecule has 1 aromatic heterocycles. The summed E-state index contributed by atoms with van der Waals surface area (Å²) < 4.78 is 60.6. The van der Waals surface area contributed by atoms with Crippen molar-refractivity contribution >= 4 is 54.8 Å². The third-order valence-electron chi connectivity index (χ3n) is 5.35. The molecule has 0 radical (unpaired) electrons. The fraction of sp³-hybridized carbons (Fsp3) is 0.0833. The first-order chi connectivity index (χ1) is 17.5. The zero-order valence-corrected chi connectivity index (χ0v) is 21.9. The molecule has 0 aliphatic rings. The molecule has 0 atom stereocenters. The van der Waals surface area contributed by atoms with Gasteiger partial charge in [-0.1, -0.05) is 28.9 Å². The van der Waals surface area contributed by atoms with Crippen LogP contribution in [0.5, 0.6) is 0 Å². The van der Waals surface area contributed by atoms with Gasteiger partial charge in [0, 0.05) is 16.3 Å². The van der Waals surface area contributed by atoms with Crippen molar-refractivity contribution in [3.8, 4) is 0 Å². The number of anilines is 3. The Kier molecular flexibility index (Phi) is 7.25. The minimum atomic E-state index is -3.98. The van der Waals surface area contributed by atoms with E-state index >= 15 is 0 Å². The molecule has 37 heavy (non-hydrogen) atoms. The summed E-state index contributed by atoms with van der Waals surface area (Å²) in [5.74, 6) is -0.580. The Hall–Kier alpha value is -3.87. The van der Waals surface area contributed by atoms with Gasteiger partial charge in [0.1, 0.15) is 0 Å². The summed E-state index contributed by atoms with van der Waals surface area (Å²) in [4.78, 5) is 12.9. The molecule has 4 rings (SSSR count). The first-order valence-electron chi connectivity index (χ1n) is 10.7. The van der Waals surface area contributed by atoms with Crippen molar-refractivity contribution in [3.63, 3.8) is 0 Å². The first kappa shape index (κ1) is 26.2. The third kappa shape index (κ3) is 5.93. The molecule has 1 heterocycles. The highest BCUT2D eigenvalue weighted by molar-refractivity contribution is 7.93. The molecule has 1 amide bonds. The van der Waals surface area contributed by atoms with Crippen LogP contribution in [0.25, 0.3) is 0 Å². The normalized spacial score (nSPS) is 11.6. The van der Waals surface area contributed by atoms with Crippen molar-refractivity contribution in [3.05, 3.63) is 94.6 Å². The second-order valence-electron chi connectivity index (χ2n) is 7.91. The lowest BCUT2D eigenvalue weighted by molar-refractivity contribution is 0.102. The van der Waals surface area contributed by atoms with Gasteiger partial charge in [0.05, 0.1) is 26.7 Å². The second-order valence-corrected chi connectivity index (χ2v) is 11.7. The van der Waals surface area contributed by atoms with Gasteiger partial charge < -0.3 is 9.84 Å². The maximum Gasteiger partial charge on any atom is 0.264 e. The van der Waals surface area contributed by atoms with Crippen molar-refractivity contribution in [1.82, 2.24) is 5.16 Å². The van der Waals surface area contributed by atoms with Gasteiger partial charge in [-0.05, 0) is 74.5 Å². The van der Waals surface area contributed by atoms with Crippen LogP contribution in [0.1, 0.15) is 21.6 Å². The molecule has 0 fully saturated rings. The predicted molar refractivity (Wildman–Crippen MR) is 140 cm³/mol. The molecule has 0 bridgehead atoms. The number of hydrogen-bond donors (Lipinski definition) is 3. The van der Waals surface area contributed by atoms with Crippen LogP contribution >= 0.6 is 11.6 Å². The largest absolute Gasteiger partial charge is 0.337 e. The molecule has 10 nitrogen and oxygen atoms in total. The first-order valence-corrected chi connectivity index (χ1v) is 14.1. The molecule has 4 aromatic rings. The van der Waals surface area contributed by atoms with Crippen molar-refractivity contribution in [1.29, 1.82) is 0 Å². The Morgan fingerprint density at radius 3 is 1.97 bits per heavy atom. The number of sulfonamides is 2. The number of benzene rings is 3. The number of halogens is 1. The van der Waals surface area contributed by atoms with Crippen LogP contribution < -0.4 is 14.8 Å². The summed E-state index contributed by atoms with van der Waals surface area (Å²) in [6.45, 7) is 3.37. The van der Waals surface area contributed by atoms with Crippen molar-refractivity contribution in [2.45, 2.75) is 23.6 Å². The molecular formula is C24H21ClN4O6S2. The van der Waals surface area contributed by atoms with Crippen LogP contribution in [0.4, 0.5) is 17.3 Å². The molecule has 0 aliphatic carbocycles. The van der Waals surface area contributed by atoms with Crippen molar-refractivity contribution in [2.24, 2.45) is 0 Å². The predicted octanol–water partition coefficient (Wildman–Crippen LogP) is 4.80. The topological polar surface area (TPSA) is 147 Å². The average Bonchev–Trinajstić information content (AvgIpc) is 3.16. The number of nitrogens with one attached hydrogen (secondary N) is 3. The van der Waals surface area contributed by atoms with Gasteiger partial charge >= 0.3 is 0 Å². The summed E-state index contributed by atoms with van der Waals surface area (Å²) in [6.07, 6.45) is 0. The quantitative estimate of drug-likeness (QED) is 0.280. The SMILES string of the molecule is Cc1noc(NS(=O)(=O)c2ccc(NC(=O)c3ccccc3NS(=O)(=O)c3ccc(Cl)cc3)cc2)c1C. The van der Waals surface area contributed by atoms with Gasteiger partial charge in [-0.2, -0.15) is 0 Å². The number of para-hydroxylation sites is 1. The highest BCUT2D eigenvalue weighted by atomic mass is 35.5. The molecule has 3 N–H and O–H groups in total. The lowest BCUT2D eigenvalue weighted by atomic mass is 10.1. The highest BCUT2D eigenvalue weighted by Crippen LogP contribution is 2.25.